The van der Waals surface area contributed by atoms with E-state index in [1.54, 1.807) is 7.11 Å². The Morgan fingerprint density at radius 2 is 1.27 bits per heavy atom. The number of benzene rings is 4. The van der Waals surface area contributed by atoms with Crippen LogP contribution in [0.5, 0.6) is 5.75 Å². The number of carbonyl (C=O) groups is 1. The Balaban J connectivity index is 1.76. The van der Waals surface area contributed by atoms with Crippen LogP contribution >= 0.6 is 0 Å². The standard InChI is InChI=1S/C30H27NO2/c1-22-13-15-23(16-14-22)28(21-29(32)24-17-19-27(33-2)20-18-24)31-30(25-9-5-3-6-10-25)26-11-7-4-8-12-26/h3-20,28H,21H2,1-2H3. The van der Waals surface area contributed by atoms with E-state index in [9.17, 15) is 4.79 Å². The third-order valence-electron chi connectivity index (χ3n) is 5.63. The van der Waals surface area contributed by atoms with Gasteiger partial charge >= 0.3 is 0 Å². The Kier molecular flexibility index (Phi) is 7.11. The van der Waals surface area contributed by atoms with Crippen LogP contribution in [0.25, 0.3) is 0 Å². The monoisotopic (exact) mass is 433 g/mol. The molecule has 4 rings (SSSR count). The number of hydrogen-bond acceptors (Lipinski definition) is 3. The van der Waals surface area contributed by atoms with Crippen molar-refractivity contribution in [3.8, 4) is 5.75 Å². The van der Waals surface area contributed by atoms with Crippen molar-refractivity contribution >= 4 is 11.5 Å². The third kappa shape index (κ3) is 5.64. The van der Waals surface area contributed by atoms with E-state index >= 15 is 0 Å². The van der Waals surface area contributed by atoms with Crippen LogP contribution in [0.4, 0.5) is 0 Å². The van der Waals surface area contributed by atoms with Gasteiger partial charge in [-0.1, -0.05) is 90.5 Å². The Morgan fingerprint density at radius 1 is 0.727 bits per heavy atom. The first-order chi connectivity index (χ1) is 16.1. The number of aliphatic imine (C=N–C) groups is 1. The summed E-state index contributed by atoms with van der Waals surface area (Å²) in [6, 6.07) is 35.5. The molecule has 4 aromatic carbocycles. The number of methoxy groups -OCH3 is 1. The number of ether oxygens (including phenoxy) is 1. The molecule has 0 aliphatic heterocycles. The van der Waals surface area contributed by atoms with Gasteiger partial charge in [0.05, 0.1) is 18.9 Å². The maximum Gasteiger partial charge on any atom is 0.165 e. The van der Waals surface area contributed by atoms with Crippen molar-refractivity contribution < 1.29 is 9.53 Å². The molecule has 3 heteroatoms. The molecule has 4 aromatic rings. The van der Waals surface area contributed by atoms with E-state index in [2.05, 4.69) is 55.5 Å². The molecular weight excluding hydrogens is 406 g/mol. The fourth-order valence-corrected chi connectivity index (χ4v) is 3.76. The van der Waals surface area contributed by atoms with E-state index in [1.807, 2.05) is 60.7 Å². The fourth-order valence-electron chi connectivity index (χ4n) is 3.76. The Labute approximate surface area is 195 Å². The molecule has 33 heavy (non-hydrogen) atoms. The lowest BCUT2D eigenvalue weighted by atomic mass is 9.96. The minimum Gasteiger partial charge on any atom is -0.497 e. The van der Waals surface area contributed by atoms with E-state index < -0.39 is 0 Å². The highest BCUT2D eigenvalue weighted by Gasteiger charge is 2.19. The fraction of sp³-hybridized carbons (Fsp3) is 0.133. The number of ketones is 1. The van der Waals surface area contributed by atoms with Gasteiger partial charge in [-0.15, -0.1) is 0 Å². The zero-order valence-corrected chi connectivity index (χ0v) is 18.9. The molecule has 0 spiro atoms. The summed E-state index contributed by atoms with van der Waals surface area (Å²) in [6.07, 6.45) is 0.276. The van der Waals surface area contributed by atoms with Crippen molar-refractivity contribution in [2.75, 3.05) is 7.11 Å². The van der Waals surface area contributed by atoms with Crippen LogP contribution in [0.1, 0.15) is 45.1 Å². The van der Waals surface area contributed by atoms with Crippen LogP contribution in [0, 0.1) is 6.92 Å². The molecule has 0 bridgehead atoms. The lowest BCUT2D eigenvalue weighted by Crippen LogP contribution is -2.11. The summed E-state index contributed by atoms with van der Waals surface area (Å²) >= 11 is 0. The summed E-state index contributed by atoms with van der Waals surface area (Å²) in [6.45, 7) is 2.06. The van der Waals surface area contributed by atoms with Crippen LogP contribution in [0.3, 0.4) is 0 Å². The molecular formula is C30H27NO2. The smallest absolute Gasteiger partial charge is 0.165 e. The number of hydrogen-bond donors (Lipinski definition) is 0. The van der Waals surface area contributed by atoms with Crippen molar-refractivity contribution in [2.45, 2.75) is 19.4 Å². The van der Waals surface area contributed by atoms with Crippen molar-refractivity contribution in [1.82, 2.24) is 0 Å². The molecule has 0 aromatic heterocycles. The largest absolute Gasteiger partial charge is 0.497 e. The van der Waals surface area contributed by atoms with Crippen molar-refractivity contribution in [3.05, 3.63) is 137 Å². The summed E-state index contributed by atoms with van der Waals surface area (Å²) in [5, 5.41) is 0. The molecule has 0 radical (unpaired) electrons. The van der Waals surface area contributed by atoms with Gasteiger partial charge in [-0.05, 0) is 36.8 Å². The Morgan fingerprint density at radius 3 is 1.79 bits per heavy atom. The van der Waals surface area contributed by atoms with Gasteiger partial charge in [0.2, 0.25) is 0 Å². The van der Waals surface area contributed by atoms with Crippen LogP contribution < -0.4 is 4.74 Å². The van der Waals surface area contributed by atoms with Gasteiger partial charge < -0.3 is 4.74 Å². The summed E-state index contributed by atoms with van der Waals surface area (Å²) in [5.41, 5.74) is 5.78. The second-order valence-corrected chi connectivity index (χ2v) is 7.99. The van der Waals surface area contributed by atoms with E-state index in [0.717, 1.165) is 28.2 Å². The van der Waals surface area contributed by atoms with Crippen LogP contribution in [-0.4, -0.2) is 18.6 Å². The molecule has 0 saturated heterocycles. The van der Waals surface area contributed by atoms with Crippen molar-refractivity contribution in [1.29, 1.82) is 0 Å². The van der Waals surface area contributed by atoms with Crippen LogP contribution in [-0.2, 0) is 0 Å². The minimum atomic E-state index is -0.310. The molecule has 0 saturated carbocycles. The average molecular weight is 434 g/mol. The second-order valence-electron chi connectivity index (χ2n) is 7.99. The Hall–Kier alpha value is -3.98. The van der Waals surface area contributed by atoms with E-state index in [4.69, 9.17) is 9.73 Å². The molecule has 0 aliphatic rings. The number of rotatable bonds is 8. The third-order valence-corrected chi connectivity index (χ3v) is 5.63. The molecule has 0 heterocycles. The van der Waals surface area contributed by atoms with Gasteiger partial charge in [-0.2, -0.15) is 0 Å². The summed E-state index contributed by atoms with van der Waals surface area (Å²) in [5.74, 6) is 0.780. The van der Waals surface area contributed by atoms with Crippen LogP contribution in [0.15, 0.2) is 114 Å². The van der Waals surface area contributed by atoms with Gasteiger partial charge in [-0.25, -0.2) is 0 Å². The lowest BCUT2D eigenvalue weighted by molar-refractivity contribution is 0.0974. The van der Waals surface area contributed by atoms with Gasteiger partial charge in [0.25, 0.3) is 0 Å². The maximum atomic E-state index is 13.2. The maximum absolute atomic E-state index is 13.2. The number of nitrogens with zero attached hydrogens (tertiary/aromatic N) is 1. The number of aryl methyl sites for hydroxylation is 1. The number of Topliss-reactive ketones (excluding diaryl/α,β-unsaturated/α-hetero) is 1. The zero-order valence-electron chi connectivity index (χ0n) is 18.9. The SMILES string of the molecule is COc1ccc(C(=O)CC(N=C(c2ccccc2)c2ccccc2)c2ccc(C)cc2)cc1. The van der Waals surface area contributed by atoms with Gasteiger partial charge in [0.15, 0.2) is 5.78 Å². The van der Waals surface area contributed by atoms with E-state index in [0.29, 0.717) is 5.56 Å². The highest BCUT2D eigenvalue weighted by atomic mass is 16.5. The van der Waals surface area contributed by atoms with E-state index in [1.165, 1.54) is 5.56 Å². The zero-order chi connectivity index (χ0) is 23.0. The topological polar surface area (TPSA) is 38.7 Å². The first-order valence-corrected chi connectivity index (χ1v) is 11.1. The predicted octanol–water partition coefficient (Wildman–Crippen LogP) is 6.86. The molecule has 0 amide bonds. The minimum absolute atomic E-state index is 0.0486. The quantitative estimate of drug-likeness (QED) is 0.225. The molecule has 1 atom stereocenters. The molecule has 0 aliphatic carbocycles. The van der Waals surface area contributed by atoms with Crippen molar-refractivity contribution in [3.63, 3.8) is 0 Å². The molecule has 0 fully saturated rings. The van der Waals surface area contributed by atoms with Gasteiger partial charge in [-0.3, -0.25) is 9.79 Å². The summed E-state index contributed by atoms with van der Waals surface area (Å²) in [4.78, 5) is 18.4. The van der Waals surface area contributed by atoms with E-state index in [-0.39, 0.29) is 18.2 Å². The lowest BCUT2D eigenvalue weighted by Gasteiger charge is -2.17. The predicted molar refractivity (Wildman–Crippen MR) is 134 cm³/mol. The molecule has 164 valence electrons. The Bertz CT molecular complexity index is 1170. The number of carbonyl (C=O) groups excluding carboxylic acids is 1. The average Bonchev–Trinajstić information content (AvgIpc) is 2.88. The summed E-state index contributed by atoms with van der Waals surface area (Å²) < 4.78 is 5.23. The van der Waals surface area contributed by atoms with Crippen molar-refractivity contribution in [2.24, 2.45) is 4.99 Å². The second kappa shape index (κ2) is 10.6. The highest BCUT2D eigenvalue weighted by Crippen LogP contribution is 2.27. The first kappa shape index (κ1) is 22.2. The molecule has 3 nitrogen and oxygen atoms in total. The van der Waals surface area contributed by atoms with Crippen LogP contribution in [0.2, 0.25) is 0 Å². The first-order valence-electron chi connectivity index (χ1n) is 11.1. The molecule has 1 unspecified atom stereocenters. The van der Waals surface area contributed by atoms with Gasteiger partial charge in [0, 0.05) is 23.1 Å². The molecule has 0 N–H and O–H groups in total. The summed E-state index contributed by atoms with van der Waals surface area (Å²) in [7, 11) is 1.62. The van der Waals surface area contributed by atoms with Gasteiger partial charge in [0.1, 0.15) is 5.75 Å². The highest BCUT2D eigenvalue weighted by molar-refractivity contribution is 6.13. The normalized spacial score (nSPS) is 11.5.